The zero-order chi connectivity index (χ0) is 15.1. The van der Waals surface area contributed by atoms with E-state index in [2.05, 4.69) is 17.2 Å². The van der Waals surface area contributed by atoms with Crippen molar-refractivity contribution in [3.8, 4) is 11.8 Å². The normalized spacial score (nSPS) is 14.3. The highest BCUT2D eigenvalue weighted by Gasteiger charge is 2.17. The number of aliphatic hydroxyl groups excluding tert-OH is 1. The number of benzene rings is 1. The van der Waals surface area contributed by atoms with Gasteiger partial charge in [-0.1, -0.05) is 17.9 Å². The summed E-state index contributed by atoms with van der Waals surface area (Å²) in [6.45, 7) is 4.35. The van der Waals surface area contributed by atoms with Crippen LogP contribution in [0.25, 0.3) is 0 Å². The van der Waals surface area contributed by atoms with Gasteiger partial charge in [0.25, 0.3) is 0 Å². The Hall–Kier alpha value is -2.03. The molecule has 0 saturated carbocycles. The van der Waals surface area contributed by atoms with Gasteiger partial charge in [-0.3, -0.25) is 0 Å². The van der Waals surface area contributed by atoms with Gasteiger partial charge in [-0.25, -0.2) is 4.79 Å². The van der Waals surface area contributed by atoms with E-state index in [1.54, 1.807) is 4.90 Å². The molecule has 1 aromatic carbocycles. The largest absolute Gasteiger partial charge is 0.395 e. The zero-order valence-electron chi connectivity index (χ0n) is 12.2. The number of nitrogens with one attached hydrogen (secondary N) is 1. The highest BCUT2D eigenvalue weighted by molar-refractivity contribution is 5.91. The van der Waals surface area contributed by atoms with Crippen LogP contribution in [-0.2, 0) is 4.74 Å². The van der Waals surface area contributed by atoms with Crippen molar-refractivity contribution < 1.29 is 14.6 Å². The van der Waals surface area contributed by atoms with E-state index in [0.29, 0.717) is 38.4 Å². The first-order chi connectivity index (χ1) is 10.2. The Morgan fingerprint density at radius 1 is 1.43 bits per heavy atom. The van der Waals surface area contributed by atoms with Gasteiger partial charge in [-0.05, 0) is 24.6 Å². The number of aliphatic hydroxyl groups is 1. The van der Waals surface area contributed by atoms with Crippen LogP contribution in [0.5, 0.6) is 0 Å². The van der Waals surface area contributed by atoms with E-state index in [9.17, 15) is 4.79 Å². The Morgan fingerprint density at radius 2 is 2.19 bits per heavy atom. The predicted octanol–water partition coefficient (Wildman–Crippen LogP) is 1.59. The van der Waals surface area contributed by atoms with Crippen molar-refractivity contribution in [1.29, 1.82) is 0 Å². The number of hydrogen-bond donors (Lipinski definition) is 2. The maximum atomic E-state index is 12.2. The first kappa shape index (κ1) is 15.4. The highest BCUT2D eigenvalue weighted by Crippen LogP contribution is 2.17. The SMILES string of the molecule is Cc1ccc(C#CCCO)c(NC(=O)N2CCOCC2)c1. The fourth-order valence-corrected chi connectivity index (χ4v) is 2.04. The summed E-state index contributed by atoms with van der Waals surface area (Å²) < 4.78 is 5.24. The summed E-state index contributed by atoms with van der Waals surface area (Å²) >= 11 is 0. The van der Waals surface area contributed by atoms with E-state index in [1.807, 2.05) is 25.1 Å². The maximum Gasteiger partial charge on any atom is 0.322 e. The molecule has 0 aromatic heterocycles. The Bertz CT molecular complexity index is 554. The van der Waals surface area contributed by atoms with Crippen molar-refractivity contribution in [2.45, 2.75) is 13.3 Å². The molecule has 0 atom stereocenters. The van der Waals surface area contributed by atoms with E-state index in [4.69, 9.17) is 9.84 Å². The number of ether oxygens (including phenoxy) is 1. The van der Waals surface area contributed by atoms with Gasteiger partial charge in [-0.15, -0.1) is 0 Å². The first-order valence-electron chi connectivity index (χ1n) is 7.05. The molecule has 5 heteroatoms. The molecule has 1 aromatic rings. The number of carbonyl (C=O) groups is 1. The number of hydrogen-bond acceptors (Lipinski definition) is 3. The molecule has 21 heavy (non-hydrogen) atoms. The summed E-state index contributed by atoms with van der Waals surface area (Å²) in [6, 6.07) is 5.61. The lowest BCUT2D eigenvalue weighted by Gasteiger charge is -2.27. The molecule has 1 heterocycles. The second kappa shape index (κ2) is 7.67. The monoisotopic (exact) mass is 288 g/mol. The average Bonchev–Trinajstić information content (AvgIpc) is 2.50. The molecule has 112 valence electrons. The number of anilines is 1. The van der Waals surface area contributed by atoms with Crippen LogP contribution in [0, 0.1) is 18.8 Å². The van der Waals surface area contributed by atoms with Gasteiger partial charge >= 0.3 is 6.03 Å². The molecule has 1 aliphatic rings. The van der Waals surface area contributed by atoms with E-state index >= 15 is 0 Å². The number of urea groups is 1. The average molecular weight is 288 g/mol. The molecule has 2 N–H and O–H groups in total. The van der Waals surface area contributed by atoms with E-state index in [-0.39, 0.29) is 12.6 Å². The molecule has 5 nitrogen and oxygen atoms in total. The molecule has 0 spiro atoms. The molecule has 0 bridgehead atoms. The molecule has 1 saturated heterocycles. The van der Waals surface area contributed by atoms with Gasteiger partial charge in [0.2, 0.25) is 0 Å². The van der Waals surface area contributed by atoms with Crippen molar-refractivity contribution in [3.63, 3.8) is 0 Å². The third-order valence-electron chi connectivity index (χ3n) is 3.17. The third-order valence-corrected chi connectivity index (χ3v) is 3.17. The van der Waals surface area contributed by atoms with Crippen molar-refractivity contribution in [3.05, 3.63) is 29.3 Å². The van der Waals surface area contributed by atoms with Crippen molar-refractivity contribution in [2.75, 3.05) is 38.2 Å². The van der Waals surface area contributed by atoms with Gasteiger partial charge < -0.3 is 20.1 Å². The summed E-state index contributed by atoms with van der Waals surface area (Å²) in [5, 5.41) is 11.7. The number of carbonyl (C=O) groups excluding carboxylic acids is 1. The van der Waals surface area contributed by atoms with Crippen LogP contribution < -0.4 is 5.32 Å². The standard InChI is InChI=1S/C16H20N2O3/c1-13-5-6-14(4-2-3-9-19)15(12-13)17-16(20)18-7-10-21-11-8-18/h5-6,12,19H,3,7-11H2,1H3,(H,17,20). The molecule has 0 aliphatic carbocycles. The maximum absolute atomic E-state index is 12.2. The minimum absolute atomic E-state index is 0.0360. The fourth-order valence-electron chi connectivity index (χ4n) is 2.04. The molecule has 2 amide bonds. The van der Waals surface area contributed by atoms with Crippen LogP contribution in [0.2, 0.25) is 0 Å². The molecule has 0 unspecified atom stereocenters. The second-order valence-electron chi connectivity index (χ2n) is 4.85. The molecule has 2 rings (SSSR count). The van der Waals surface area contributed by atoms with Crippen LogP contribution in [0.4, 0.5) is 10.5 Å². The quantitative estimate of drug-likeness (QED) is 0.813. The van der Waals surface area contributed by atoms with Crippen LogP contribution >= 0.6 is 0 Å². The number of rotatable bonds is 2. The van der Waals surface area contributed by atoms with E-state index < -0.39 is 0 Å². The third kappa shape index (κ3) is 4.48. The molecule has 1 aliphatic heterocycles. The molecule has 0 radical (unpaired) electrons. The Morgan fingerprint density at radius 3 is 2.90 bits per heavy atom. The minimum atomic E-state index is -0.130. The number of amides is 2. The van der Waals surface area contributed by atoms with Crippen LogP contribution in [0.3, 0.4) is 0 Å². The van der Waals surface area contributed by atoms with Crippen molar-refractivity contribution >= 4 is 11.7 Å². The molecular weight excluding hydrogens is 268 g/mol. The van der Waals surface area contributed by atoms with E-state index in [0.717, 1.165) is 11.1 Å². The summed E-state index contributed by atoms with van der Waals surface area (Å²) in [5.41, 5.74) is 2.52. The van der Waals surface area contributed by atoms with Gasteiger partial charge in [0.1, 0.15) is 0 Å². The minimum Gasteiger partial charge on any atom is -0.395 e. The van der Waals surface area contributed by atoms with E-state index in [1.165, 1.54) is 0 Å². The lowest BCUT2D eigenvalue weighted by atomic mass is 10.1. The number of morpholine rings is 1. The van der Waals surface area contributed by atoms with Gasteiger partial charge in [-0.2, -0.15) is 0 Å². The fraction of sp³-hybridized carbons (Fsp3) is 0.438. The Labute approximate surface area is 124 Å². The number of nitrogens with zero attached hydrogens (tertiary/aromatic N) is 1. The summed E-state index contributed by atoms with van der Waals surface area (Å²) in [6.07, 6.45) is 0.421. The summed E-state index contributed by atoms with van der Waals surface area (Å²) in [7, 11) is 0. The van der Waals surface area contributed by atoms with Crippen LogP contribution in [0.1, 0.15) is 17.5 Å². The Kier molecular flexibility index (Phi) is 5.61. The topological polar surface area (TPSA) is 61.8 Å². The predicted molar refractivity (Wildman–Crippen MR) is 81.2 cm³/mol. The highest BCUT2D eigenvalue weighted by atomic mass is 16.5. The van der Waals surface area contributed by atoms with Crippen LogP contribution in [-0.4, -0.2) is 48.9 Å². The Balaban J connectivity index is 2.12. The lowest BCUT2D eigenvalue weighted by Crippen LogP contribution is -2.43. The van der Waals surface area contributed by atoms with Gasteiger partial charge in [0.15, 0.2) is 0 Å². The molecule has 1 fully saturated rings. The van der Waals surface area contributed by atoms with Gasteiger partial charge in [0.05, 0.1) is 25.5 Å². The second-order valence-corrected chi connectivity index (χ2v) is 4.85. The van der Waals surface area contributed by atoms with Crippen molar-refractivity contribution in [2.24, 2.45) is 0 Å². The summed E-state index contributed by atoms with van der Waals surface area (Å²) in [5.74, 6) is 5.86. The number of aryl methyl sites for hydroxylation is 1. The summed E-state index contributed by atoms with van der Waals surface area (Å²) in [4.78, 5) is 14.0. The van der Waals surface area contributed by atoms with Crippen LogP contribution in [0.15, 0.2) is 18.2 Å². The van der Waals surface area contributed by atoms with Gasteiger partial charge in [0, 0.05) is 25.1 Å². The van der Waals surface area contributed by atoms with Crippen molar-refractivity contribution in [1.82, 2.24) is 4.90 Å². The zero-order valence-corrected chi connectivity index (χ0v) is 12.2. The first-order valence-corrected chi connectivity index (χ1v) is 7.05. The lowest BCUT2D eigenvalue weighted by molar-refractivity contribution is 0.0564. The smallest absolute Gasteiger partial charge is 0.322 e. The molecular formula is C16H20N2O3.